The van der Waals surface area contributed by atoms with Crippen molar-refractivity contribution in [1.29, 1.82) is 0 Å². The maximum absolute atomic E-state index is 11.1. The number of rotatable bonds is 3. The minimum Gasteiger partial charge on any atom is -0.335 e. The number of urea groups is 1. The van der Waals surface area contributed by atoms with Crippen molar-refractivity contribution in [1.82, 2.24) is 10.2 Å². The first-order valence-electron chi connectivity index (χ1n) is 3.81. The fourth-order valence-electron chi connectivity index (χ4n) is 0.741. The number of nitrogens with zero attached hydrogens (tertiary/aromatic N) is 1. The Labute approximate surface area is 71.7 Å². The largest absolute Gasteiger partial charge is 0.335 e. The van der Waals surface area contributed by atoms with E-state index in [9.17, 15) is 4.79 Å². The molecule has 0 aromatic carbocycles. The molecular formula is C7H13ClN2O. The Morgan fingerprint density at radius 2 is 2.36 bits per heavy atom. The lowest BCUT2D eigenvalue weighted by Gasteiger charge is -2.15. The number of hydrogen-bond acceptors (Lipinski definition) is 1. The molecule has 0 spiro atoms. The van der Waals surface area contributed by atoms with Crippen LogP contribution >= 0.6 is 11.6 Å². The maximum Gasteiger partial charge on any atom is 0.317 e. The van der Waals surface area contributed by atoms with Gasteiger partial charge < -0.3 is 10.2 Å². The molecule has 0 atom stereocenters. The van der Waals surface area contributed by atoms with E-state index in [-0.39, 0.29) is 6.03 Å². The molecule has 0 unspecified atom stereocenters. The van der Waals surface area contributed by atoms with E-state index in [2.05, 4.69) is 5.32 Å². The van der Waals surface area contributed by atoms with Crippen molar-refractivity contribution in [2.24, 2.45) is 0 Å². The number of carbonyl (C=O) groups excluding carboxylic acids is 1. The molecule has 4 heteroatoms. The van der Waals surface area contributed by atoms with Gasteiger partial charge in [0.25, 0.3) is 0 Å². The van der Waals surface area contributed by atoms with Gasteiger partial charge in [0, 0.05) is 25.5 Å². The van der Waals surface area contributed by atoms with Gasteiger partial charge in [-0.2, -0.15) is 0 Å². The second-order valence-electron chi connectivity index (χ2n) is 2.83. The summed E-state index contributed by atoms with van der Waals surface area (Å²) in [6, 6.07) is 0.424. The fourth-order valence-corrected chi connectivity index (χ4v) is 0.994. The predicted molar refractivity (Wildman–Crippen MR) is 44.9 cm³/mol. The summed E-state index contributed by atoms with van der Waals surface area (Å²) in [5.41, 5.74) is 0. The molecule has 0 heterocycles. The van der Waals surface area contributed by atoms with Gasteiger partial charge in [0.2, 0.25) is 0 Å². The van der Waals surface area contributed by atoms with Crippen LogP contribution in [0.15, 0.2) is 0 Å². The van der Waals surface area contributed by atoms with Gasteiger partial charge in [-0.1, -0.05) is 0 Å². The van der Waals surface area contributed by atoms with Gasteiger partial charge in [-0.3, -0.25) is 0 Å². The normalized spacial score (nSPS) is 16.2. The van der Waals surface area contributed by atoms with Crippen LogP contribution in [0.5, 0.6) is 0 Å². The zero-order chi connectivity index (χ0) is 8.27. The second-order valence-corrected chi connectivity index (χ2v) is 3.21. The number of carbonyl (C=O) groups is 1. The average Bonchev–Trinajstić information content (AvgIpc) is 2.72. The van der Waals surface area contributed by atoms with Crippen LogP contribution in [0.25, 0.3) is 0 Å². The zero-order valence-electron chi connectivity index (χ0n) is 6.64. The summed E-state index contributed by atoms with van der Waals surface area (Å²) in [5, 5.41) is 2.87. The molecule has 0 radical (unpaired) electrons. The molecule has 0 saturated heterocycles. The van der Waals surface area contributed by atoms with Crippen LogP contribution in [0.2, 0.25) is 0 Å². The first kappa shape index (κ1) is 8.65. The molecule has 3 nitrogen and oxygen atoms in total. The zero-order valence-corrected chi connectivity index (χ0v) is 7.40. The van der Waals surface area contributed by atoms with E-state index in [1.807, 2.05) is 0 Å². The lowest BCUT2D eigenvalue weighted by atomic mass is 10.6. The van der Waals surface area contributed by atoms with E-state index >= 15 is 0 Å². The summed E-state index contributed by atoms with van der Waals surface area (Å²) < 4.78 is 0. The van der Waals surface area contributed by atoms with Crippen molar-refractivity contribution in [2.45, 2.75) is 18.9 Å². The molecule has 1 saturated carbocycles. The van der Waals surface area contributed by atoms with Crippen LogP contribution in [0.3, 0.4) is 0 Å². The summed E-state index contributed by atoms with van der Waals surface area (Å²) in [5.74, 6) is 0.495. The molecule has 1 rings (SSSR count). The summed E-state index contributed by atoms with van der Waals surface area (Å²) in [7, 11) is 1.75. The Kier molecular flexibility index (Phi) is 3.00. The third kappa shape index (κ3) is 2.97. The van der Waals surface area contributed by atoms with Gasteiger partial charge in [0.15, 0.2) is 0 Å². The Bertz CT molecular complexity index is 147. The molecule has 0 bridgehead atoms. The van der Waals surface area contributed by atoms with E-state index in [1.54, 1.807) is 11.9 Å². The van der Waals surface area contributed by atoms with Crippen LogP contribution in [-0.4, -0.2) is 36.4 Å². The smallest absolute Gasteiger partial charge is 0.317 e. The molecular weight excluding hydrogens is 164 g/mol. The summed E-state index contributed by atoms with van der Waals surface area (Å²) in [6.07, 6.45) is 2.25. The average molecular weight is 177 g/mol. The van der Waals surface area contributed by atoms with Crippen molar-refractivity contribution >= 4 is 17.6 Å². The first-order chi connectivity index (χ1) is 5.24. The van der Waals surface area contributed by atoms with Gasteiger partial charge >= 0.3 is 6.03 Å². The van der Waals surface area contributed by atoms with Crippen LogP contribution in [-0.2, 0) is 0 Å². The molecule has 0 aromatic rings. The lowest BCUT2D eigenvalue weighted by molar-refractivity contribution is 0.211. The molecule has 1 aliphatic rings. The van der Waals surface area contributed by atoms with E-state index in [0.717, 1.165) is 12.8 Å². The number of hydrogen-bond donors (Lipinski definition) is 1. The minimum absolute atomic E-state index is 0.00634. The third-order valence-corrected chi connectivity index (χ3v) is 1.84. The van der Waals surface area contributed by atoms with Crippen molar-refractivity contribution in [3.63, 3.8) is 0 Å². The van der Waals surface area contributed by atoms with Crippen LogP contribution < -0.4 is 5.32 Å². The molecule has 1 fully saturated rings. The Morgan fingerprint density at radius 1 is 1.73 bits per heavy atom. The summed E-state index contributed by atoms with van der Waals surface area (Å²) in [4.78, 5) is 12.7. The molecule has 2 amide bonds. The topological polar surface area (TPSA) is 32.3 Å². The minimum atomic E-state index is -0.00634. The van der Waals surface area contributed by atoms with Crippen LogP contribution in [0.1, 0.15) is 12.8 Å². The molecule has 0 aliphatic heterocycles. The van der Waals surface area contributed by atoms with Gasteiger partial charge in [0.1, 0.15) is 0 Å². The maximum atomic E-state index is 11.1. The molecule has 64 valence electrons. The Balaban J connectivity index is 2.15. The molecule has 1 aliphatic carbocycles. The fraction of sp³-hybridized carbons (Fsp3) is 0.857. The Morgan fingerprint density at radius 3 is 2.82 bits per heavy atom. The highest BCUT2D eigenvalue weighted by atomic mass is 35.5. The molecule has 11 heavy (non-hydrogen) atoms. The highest BCUT2D eigenvalue weighted by Crippen LogP contribution is 2.18. The molecule has 0 aromatic heterocycles. The highest BCUT2D eigenvalue weighted by Gasteiger charge is 2.24. The lowest BCUT2D eigenvalue weighted by Crippen LogP contribution is -2.39. The first-order valence-corrected chi connectivity index (χ1v) is 4.35. The molecule has 1 N–H and O–H groups in total. The van der Waals surface area contributed by atoms with Crippen LogP contribution in [0.4, 0.5) is 4.79 Å². The standard InChI is InChI=1S/C7H13ClN2O/c1-10(5-4-8)7(11)9-6-2-3-6/h6H,2-5H2,1H3,(H,9,11). The van der Waals surface area contributed by atoms with Crippen molar-refractivity contribution in [3.05, 3.63) is 0 Å². The summed E-state index contributed by atoms with van der Waals surface area (Å²) >= 11 is 5.47. The van der Waals surface area contributed by atoms with Gasteiger partial charge in [-0.25, -0.2) is 4.79 Å². The number of halogens is 1. The number of amides is 2. The van der Waals surface area contributed by atoms with Crippen molar-refractivity contribution < 1.29 is 4.79 Å². The number of alkyl halides is 1. The highest BCUT2D eigenvalue weighted by molar-refractivity contribution is 6.18. The van der Waals surface area contributed by atoms with Crippen molar-refractivity contribution in [2.75, 3.05) is 19.5 Å². The van der Waals surface area contributed by atoms with Crippen LogP contribution in [0, 0.1) is 0 Å². The van der Waals surface area contributed by atoms with Gasteiger partial charge in [-0.05, 0) is 12.8 Å². The third-order valence-electron chi connectivity index (χ3n) is 1.67. The van der Waals surface area contributed by atoms with E-state index in [0.29, 0.717) is 18.5 Å². The van der Waals surface area contributed by atoms with Crippen molar-refractivity contribution in [3.8, 4) is 0 Å². The Hall–Kier alpha value is -0.440. The quantitative estimate of drug-likeness (QED) is 0.641. The monoisotopic (exact) mass is 176 g/mol. The van der Waals surface area contributed by atoms with E-state index in [4.69, 9.17) is 11.6 Å². The second kappa shape index (κ2) is 3.81. The summed E-state index contributed by atoms with van der Waals surface area (Å²) in [6.45, 7) is 0.611. The van der Waals surface area contributed by atoms with Gasteiger partial charge in [0.05, 0.1) is 0 Å². The van der Waals surface area contributed by atoms with Gasteiger partial charge in [-0.15, -0.1) is 11.6 Å². The van der Waals surface area contributed by atoms with E-state index in [1.165, 1.54) is 0 Å². The SMILES string of the molecule is CN(CCCl)C(=O)NC1CC1. The predicted octanol–water partition coefficient (Wildman–Crippen LogP) is 1.03. The van der Waals surface area contributed by atoms with E-state index < -0.39 is 0 Å². The number of nitrogens with one attached hydrogen (secondary N) is 1.